The van der Waals surface area contributed by atoms with Crippen molar-refractivity contribution in [2.24, 2.45) is 0 Å². The Hall–Kier alpha value is -3.76. The number of carboxylic acids is 1. The van der Waals surface area contributed by atoms with E-state index in [9.17, 15) is 28.2 Å². The van der Waals surface area contributed by atoms with Crippen molar-refractivity contribution in [3.05, 3.63) is 89.0 Å². The molecule has 0 fully saturated rings. The van der Waals surface area contributed by atoms with Crippen LogP contribution in [-0.2, 0) is 19.4 Å². The summed E-state index contributed by atoms with van der Waals surface area (Å²) in [6, 6.07) is 20.1. The number of fused-ring (bicyclic) bond motifs is 1. The van der Waals surface area contributed by atoms with Gasteiger partial charge >= 0.3 is 12.1 Å². The van der Waals surface area contributed by atoms with Gasteiger partial charge in [-0.3, -0.25) is 4.90 Å². The fraction of sp³-hybridized carbons (Fsp3) is 0.406. The fourth-order valence-electron chi connectivity index (χ4n) is 5.32. The molecule has 1 atom stereocenters. The first-order chi connectivity index (χ1) is 20.1. The van der Waals surface area contributed by atoms with Gasteiger partial charge in [0.1, 0.15) is 6.61 Å². The lowest BCUT2D eigenvalue weighted by molar-refractivity contribution is -0.153. The third kappa shape index (κ3) is 8.62. The van der Waals surface area contributed by atoms with Gasteiger partial charge in [-0.25, -0.2) is 4.79 Å². The van der Waals surface area contributed by atoms with E-state index >= 15 is 0 Å². The Balaban J connectivity index is 1.48. The van der Waals surface area contributed by atoms with Crippen LogP contribution in [0.4, 0.5) is 18.9 Å². The van der Waals surface area contributed by atoms with E-state index in [1.54, 1.807) is 24.3 Å². The van der Waals surface area contributed by atoms with E-state index in [1.807, 2.05) is 35.2 Å². The normalized spacial score (nSPS) is 13.7. The molecule has 226 valence electrons. The van der Waals surface area contributed by atoms with E-state index in [0.29, 0.717) is 32.5 Å². The predicted octanol–water partition coefficient (Wildman–Crippen LogP) is 5.58. The second-order valence-electron chi connectivity index (χ2n) is 10.5. The first-order valence-corrected chi connectivity index (χ1v) is 14.1. The quantitative estimate of drug-likeness (QED) is 0.241. The summed E-state index contributed by atoms with van der Waals surface area (Å²) in [6.45, 7) is 3.37. The van der Waals surface area contributed by atoms with Gasteiger partial charge in [0, 0.05) is 38.8 Å². The van der Waals surface area contributed by atoms with E-state index in [-0.39, 0.29) is 36.3 Å². The van der Waals surface area contributed by atoms with Crippen LogP contribution in [0.3, 0.4) is 0 Å². The second-order valence-corrected chi connectivity index (χ2v) is 10.5. The number of alkyl halides is 3. The Labute approximate surface area is 244 Å². The Bertz CT molecular complexity index is 1320. The molecule has 42 heavy (non-hydrogen) atoms. The van der Waals surface area contributed by atoms with Crippen LogP contribution in [-0.4, -0.2) is 72.8 Å². The van der Waals surface area contributed by atoms with Gasteiger partial charge in [0.15, 0.2) is 18.1 Å². The van der Waals surface area contributed by atoms with Gasteiger partial charge in [-0.05, 0) is 61.1 Å². The summed E-state index contributed by atoms with van der Waals surface area (Å²) in [7, 11) is 0. The standard InChI is InChI=1S/C32H37F3N2O5/c1-23(18-25-19-26-12-14-36(13-7-16-38)30(26)27(20-25)31(39)40)37(21-24-8-3-2-4-9-24)15-17-41-28-10-5-6-11-29(28)42-22-32(33,34)35/h2-6,8-11,19-20,23,38H,7,12-18,21-22H2,1H3,(H,39,40)/t23-/m1/s1. The first-order valence-electron chi connectivity index (χ1n) is 14.1. The predicted molar refractivity (Wildman–Crippen MR) is 155 cm³/mol. The van der Waals surface area contributed by atoms with Crippen LogP contribution in [0.25, 0.3) is 0 Å². The molecule has 0 aromatic heterocycles. The third-order valence-corrected chi connectivity index (χ3v) is 7.29. The molecule has 0 spiro atoms. The summed E-state index contributed by atoms with van der Waals surface area (Å²) in [4.78, 5) is 16.5. The zero-order valence-corrected chi connectivity index (χ0v) is 23.6. The van der Waals surface area contributed by atoms with Crippen LogP contribution in [0.1, 0.15) is 40.4 Å². The van der Waals surface area contributed by atoms with Crippen LogP contribution in [0, 0.1) is 0 Å². The summed E-state index contributed by atoms with van der Waals surface area (Å²) in [5.41, 5.74) is 4.04. The number of nitrogens with zero attached hydrogens (tertiary/aromatic N) is 2. The summed E-state index contributed by atoms with van der Waals surface area (Å²) in [5, 5.41) is 19.3. The first kappa shape index (κ1) is 31.2. The average molecular weight is 587 g/mol. The molecule has 0 amide bonds. The molecule has 0 aliphatic carbocycles. The third-order valence-electron chi connectivity index (χ3n) is 7.29. The molecule has 0 bridgehead atoms. The van der Waals surface area contributed by atoms with E-state index in [0.717, 1.165) is 35.3 Å². The van der Waals surface area contributed by atoms with Gasteiger partial charge in [0.05, 0.1) is 11.3 Å². The summed E-state index contributed by atoms with van der Waals surface area (Å²) >= 11 is 0. The number of rotatable bonds is 15. The van der Waals surface area contributed by atoms with E-state index < -0.39 is 18.8 Å². The van der Waals surface area contributed by atoms with Gasteiger partial charge in [-0.1, -0.05) is 48.5 Å². The zero-order chi connectivity index (χ0) is 30.1. The highest BCUT2D eigenvalue weighted by Crippen LogP contribution is 2.34. The van der Waals surface area contributed by atoms with Crippen molar-refractivity contribution in [3.8, 4) is 11.5 Å². The summed E-state index contributed by atoms with van der Waals surface area (Å²) < 4.78 is 48.9. The van der Waals surface area contributed by atoms with Crippen molar-refractivity contribution in [2.45, 2.75) is 44.9 Å². The fourth-order valence-corrected chi connectivity index (χ4v) is 5.32. The van der Waals surface area contributed by atoms with Crippen LogP contribution < -0.4 is 14.4 Å². The average Bonchev–Trinajstić information content (AvgIpc) is 3.37. The van der Waals surface area contributed by atoms with Crippen molar-refractivity contribution in [3.63, 3.8) is 0 Å². The minimum Gasteiger partial charge on any atom is -0.488 e. The number of halogens is 3. The highest BCUT2D eigenvalue weighted by molar-refractivity contribution is 5.96. The number of hydrogen-bond donors (Lipinski definition) is 2. The highest BCUT2D eigenvalue weighted by Gasteiger charge is 2.29. The molecule has 1 aliphatic rings. The van der Waals surface area contributed by atoms with Crippen LogP contribution in [0.5, 0.6) is 11.5 Å². The molecule has 0 saturated carbocycles. The van der Waals surface area contributed by atoms with Gasteiger partial charge in [0.25, 0.3) is 0 Å². The number of aliphatic hydroxyl groups is 1. The van der Waals surface area contributed by atoms with Crippen molar-refractivity contribution in [1.82, 2.24) is 4.90 Å². The molecule has 7 nitrogen and oxygen atoms in total. The monoisotopic (exact) mass is 586 g/mol. The molecule has 1 heterocycles. The largest absolute Gasteiger partial charge is 0.488 e. The number of hydrogen-bond acceptors (Lipinski definition) is 6. The molecule has 2 N–H and O–H groups in total. The Morgan fingerprint density at radius 3 is 2.38 bits per heavy atom. The Morgan fingerprint density at radius 2 is 1.71 bits per heavy atom. The molecule has 10 heteroatoms. The molecule has 0 unspecified atom stereocenters. The van der Waals surface area contributed by atoms with E-state index in [4.69, 9.17) is 9.47 Å². The maximum Gasteiger partial charge on any atom is 0.422 e. The number of ether oxygens (including phenoxy) is 2. The summed E-state index contributed by atoms with van der Waals surface area (Å²) in [5.74, 6) is -0.702. The van der Waals surface area contributed by atoms with Gasteiger partial charge < -0.3 is 24.6 Å². The lowest BCUT2D eigenvalue weighted by Gasteiger charge is -2.30. The molecule has 3 aromatic carbocycles. The topological polar surface area (TPSA) is 82.5 Å². The minimum atomic E-state index is -4.45. The van der Waals surface area contributed by atoms with Crippen molar-refractivity contribution < 1.29 is 37.7 Å². The highest BCUT2D eigenvalue weighted by atomic mass is 19.4. The molecular weight excluding hydrogens is 549 g/mol. The van der Waals surface area contributed by atoms with E-state index in [1.165, 1.54) is 6.07 Å². The lowest BCUT2D eigenvalue weighted by atomic mass is 9.97. The number of anilines is 1. The number of para-hydroxylation sites is 2. The van der Waals surface area contributed by atoms with Gasteiger partial charge in [0.2, 0.25) is 0 Å². The molecule has 0 saturated heterocycles. The number of carbonyl (C=O) groups is 1. The van der Waals surface area contributed by atoms with Gasteiger partial charge in [-0.2, -0.15) is 13.2 Å². The molecule has 4 rings (SSSR count). The minimum absolute atomic E-state index is 0.00267. The molecule has 3 aromatic rings. The number of aliphatic hydroxyl groups excluding tert-OH is 1. The Morgan fingerprint density at radius 1 is 1.02 bits per heavy atom. The zero-order valence-electron chi connectivity index (χ0n) is 23.6. The lowest BCUT2D eigenvalue weighted by Crippen LogP contribution is -2.37. The second kappa shape index (κ2) is 14.4. The smallest absolute Gasteiger partial charge is 0.422 e. The maximum atomic E-state index is 12.7. The van der Waals surface area contributed by atoms with Crippen molar-refractivity contribution in [2.75, 3.05) is 44.4 Å². The number of carboxylic acid groups (broad SMARTS) is 1. The van der Waals surface area contributed by atoms with E-state index in [2.05, 4.69) is 17.9 Å². The van der Waals surface area contributed by atoms with Crippen LogP contribution in [0.15, 0.2) is 66.7 Å². The SMILES string of the molecule is C[C@H](Cc1cc2c(c(C(=O)O)c1)N(CCCO)CC2)N(CCOc1ccccc1OCC(F)(F)F)Cc1ccccc1. The molecule has 1 aliphatic heterocycles. The van der Waals surface area contributed by atoms with Gasteiger partial charge in [-0.15, -0.1) is 0 Å². The molecular formula is C32H37F3N2O5. The number of aromatic carboxylic acids is 1. The van der Waals surface area contributed by atoms with Crippen LogP contribution >= 0.6 is 0 Å². The Kier molecular flexibility index (Phi) is 10.7. The maximum absolute atomic E-state index is 12.7. The van der Waals surface area contributed by atoms with Crippen molar-refractivity contribution in [1.29, 1.82) is 0 Å². The van der Waals surface area contributed by atoms with Crippen LogP contribution in [0.2, 0.25) is 0 Å². The summed E-state index contributed by atoms with van der Waals surface area (Å²) in [6.07, 6.45) is -2.53. The van der Waals surface area contributed by atoms with Crippen molar-refractivity contribution >= 4 is 11.7 Å². The molecule has 0 radical (unpaired) electrons. The number of benzene rings is 3.